The largest absolute Gasteiger partial charge is 0.339 e. The number of benzene rings is 1. The molecule has 0 N–H and O–H groups in total. The van der Waals surface area contributed by atoms with Crippen molar-refractivity contribution >= 4 is 37.8 Å². The molecule has 19 heavy (non-hydrogen) atoms. The van der Waals surface area contributed by atoms with Crippen LogP contribution in [0.1, 0.15) is 37.0 Å². The van der Waals surface area contributed by atoms with Crippen LogP contribution >= 0.6 is 31.9 Å². The highest BCUT2D eigenvalue weighted by Gasteiger charge is 2.26. The lowest BCUT2D eigenvalue weighted by molar-refractivity contribution is 0.0667. The Morgan fingerprint density at radius 2 is 1.89 bits per heavy atom. The molecular formula is C15H19Br2NO. The van der Waals surface area contributed by atoms with E-state index in [4.69, 9.17) is 0 Å². The van der Waals surface area contributed by atoms with Crippen LogP contribution in [0, 0.1) is 11.8 Å². The first-order chi connectivity index (χ1) is 8.99. The third kappa shape index (κ3) is 3.60. The molecule has 0 bridgehead atoms. The van der Waals surface area contributed by atoms with E-state index in [-0.39, 0.29) is 5.91 Å². The fourth-order valence-corrected chi connectivity index (χ4v) is 3.82. The number of rotatable bonds is 2. The van der Waals surface area contributed by atoms with Crippen molar-refractivity contribution in [2.45, 2.75) is 26.7 Å². The monoisotopic (exact) mass is 387 g/mol. The van der Waals surface area contributed by atoms with Crippen LogP contribution < -0.4 is 0 Å². The van der Waals surface area contributed by atoms with E-state index in [1.165, 1.54) is 0 Å². The first kappa shape index (κ1) is 15.0. The highest BCUT2D eigenvalue weighted by atomic mass is 79.9. The molecule has 0 aromatic heterocycles. The van der Waals surface area contributed by atoms with Crippen molar-refractivity contribution in [3.05, 3.63) is 32.7 Å². The van der Waals surface area contributed by atoms with E-state index < -0.39 is 0 Å². The van der Waals surface area contributed by atoms with Crippen molar-refractivity contribution in [2.24, 2.45) is 11.8 Å². The molecule has 4 heteroatoms. The molecule has 2 rings (SSSR count). The van der Waals surface area contributed by atoms with Gasteiger partial charge in [0.05, 0.1) is 5.56 Å². The number of likely N-dealkylation sites (tertiary alicyclic amines) is 1. The first-order valence-corrected chi connectivity index (χ1v) is 8.32. The average molecular weight is 389 g/mol. The van der Waals surface area contributed by atoms with Gasteiger partial charge in [-0.3, -0.25) is 4.79 Å². The van der Waals surface area contributed by atoms with Gasteiger partial charge in [0.2, 0.25) is 0 Å². The topological polar surface area (TPSA) is 20.3 Å². The minimum atomic E-state index is 0.140. The number of piperidine rings is 1. The zero-order valence-corrected chi connectivity index (χ0v) is 14.5. The Hall–Kier alpha value is -0.350. The van der Waals surface area contributed by atoms with Crippen LogP contribution in [0.15, 0.2) is 27.1 Å². The summed E-state index contributed by atoms with van der Waals surface area (Å²) < 4.78 is 1.84. The molecule has 1 fully saturated rings. The molecule has 1 aliphatic heterocycles. The summed E-state index contributed by atoms with van der Waals surface area (Å²) in [5.41, 5.74) is 0.756. The molecule has 1 heterocycles. The standard InChI is InChI=1S/C15H19Br2NO/c1-10(2)11-5-7-18(8-6-11)15(19)13-4-3-12(16)9-14(13)17/h3-4,9-11H,5-8H2,1-2H3. The van der Waals surface area contributed by atoms with Crippen molar-refractivity contribution < 1.29 is 4.79 Å². The third-order valence-corrected chi connectivity index (χ3v) is 5.08. The van der Waals surface area contributed by atoms with Gasteiger partial charge in [0.25, 0.3) is 5.91 Å². The van der Waals surface area contributed by atoms with Gasteiger partial charge in [-0.15, -0.1) is 0 Å². The number of nitrogens with zero attached hydrogens (tertiary/aromatic N) is 1. The fraction of sp³-hybridized carbons (Fsp3) is 0.533. The van der Waals surface area contributed by atoms with Gasteiger partial charge >= 0.3 is 0 Å². The van der Waals surface area contributed by atoms with Gasteiger partial charge in [0, 0.05) is 22.0 Å². The Balaban J connectivity index is 2.05. The molecule has 104 valence electrons. The molecule has 1 aliphatic rings. The molecule has 1 aromatic rings. The lowest BCUT2D eigenvalue weighted by atomic mass is 9.86. The van der Waals surface area contributed by atoms with E-state index in [0.29, 0.717) is 0 Å². The van der Waals surface area contributed by atoms with Crippen LogP contribution in [-0.4, -0.2) is 23.9 Å². The average Bonchev–Trinajstić information content (AvgIpc) is 2.38. The van der Waals surface area contributed by atoms with Gasteiger partial charge in [0.15, 0.2) is 0 Å². The summed E-state index contributed by atoms with van der Waals surface area (Å²) >= 11 is 6.88. The third-order valence-electron chi connectivity index (χ3n) is 3.93. The highest BCUT2D eigenvalue weighted by molar-refractivity contribution is 9.11. The van der Waals surface area contributed by atoms with Crippen LogP contribution in [-0.2, 0) is 0 Å². The minimum Gasteiger partial charge on any atom is -0.339 e. The van der Waals surface area contributed by atoms with Crippen LogP contribution in [0.4, 0.5) is 0 Å². The van der Waals surface area contributed by atoms with Crippen LogP contribution in [0.2, 0.25) is 0 Å². The molecule has 0 atom stereocenters. The van der Waals surface area contributed by atoms with Gasteiger partial charge in [-0.05, 0) is 58.8 Å². The molecule has 0 radical (unpaired) electrons. The van der Waals surface area contributed by atoms with E-state index in [1.54, 1.807) is 0 Å². The second-order valence-electron chi connectivity index (χ2n) is 5.50. The van der Waals surface area contributed by atoms with Crippen molar-refractivity contribution in [1.29, 1.82) is 0 Å². The Morgan fingerprint density at radius 3 is 2.42 bits per heavy atom. The number of halogens is 2. The smallest absolute Gasteiger partial charge is 0.254 e. The van der Waals surface area contributed by atoms with Gasteiger partial charge in [-0.1, -0.05) is 29.8 Å². The maximum atomic E-state index is 12.5. The first-order valence-electron chi connectivity index (χ1n) is 6.73. The molecular weight excluding hydrogens is 370 g/mol. The quantitative estimate of drug-likeness (QED) is 0.717. The van der Waals surface area contributed by atoms with Crippen molar-refractivity contribution in [3.63, 3.8) is 0 Å². The van der Waals surface area contributed by atoms with Gasteiger partial charge in [-0.2, -0.15) is 0 Å². The van der Waals surface area contributed by atoms with Crippen LogP contribution in [0.25, 0.3) is 0 Å². The maximum Gasteiger partial charge on any atom is 0.254 e. The van der Waals surface area contributed by atoms with Gasteiger partial charge in [0.1, 0.15) is 0 Å². The summed E-state index contributed by atoms with van der Waals surface area (Å²) in [5, 5.41) is 0. The normalized spacial score (nSPS) is 17.0. The summed E-state index contributed by atoms with van der Waals surface area (Å²) in [6, 6.07) is 5.72. The molecule has 2 nitrogen and oxygen atoms in total. The Morgan fingerprint density at radius 1 is 1.26 bits per heavy atom. The maximum absolute atomic E-state index is 12.5. The van der Waals surface area contributed by atoms with Gasteiger partial charge < -0.3 is 4.90 Å². The molecule has 1 saturated heterocycles. The summed E-state index contributed by atoms with van der Waals surface area (Å²) in [6.45, 7) is 6.30. The van der Waals surface area contributed by atoms with E-state index in [2.05, 4.69) is 45.7 Å². The molecule has 1 amide bonds. The number of hydrogen-bond acceptors (Lipinski definition) is 1. The number of hydrogen-bond donors (Lipinski definition) is 0. The van der Waals surface area contributed by atoms with E-state index in [1.807, 2.05) is 23.1 Å². The summed E-state index contributed by atoms with van der Waals surface area (Å²) in [5.74, 6) is 1.62. The minimum absolute atomic E-state index is 0.140. The summed E-state index contributed by atoms with van der Waals surface area (Å²) in [7, 11) is 0. The van der Waals surface area contributed by atoms with Crippen LogP contribution in [0.5, 0.6) is 0 Å². The number of amides is 1. The Bertz CT molecular complexity index is 465. The lowest BCUT2D eigenvalue weighted by Crippen LogP contribution is -2.39. The molecule has 0 saturated carbocycles. The highest BCUT2D eigenvalue weighted by Crippen LogP contribution is 2.27. The van der Waals surface area contributed by atoms with Crippen molar-refractivity contribution in [2.75, 3.05) is 13.1 Å². The zero-order valence-electron chi connectivity index (χ0n) is 11.3. The second-order valence-corrected chi connectivity index (χ2v) is 7.27. The Kier molecular flexibility index (Phi) is 5.07. The molecule has 1 aromatic carbocycles. The second kappa shape index (κ2) is 6.40. The number of carbonyl (C=O) groups is 1. The van der Waals surface area contributed by atoms with E-state index in [9.17, 15) is 4.79 Å². The van der Waals surface area contributed by atoms with Crippen molar-refractivity contribution in [1.82, 2.24) is 4.90 Å². The molecule has 0 aliphatic carbocycles. The predicted molar refractivity (Wildman–Crippen MR) is 85.3 cm³/mol. The fourth-order valence-electron chi connectivity index (χ4n) is 2.60. The SMILES string of the molecule is CC(C)C1CCN(C(=O)c2ccc(Br)cc2Br)CC1. The predicted octanol–water partition coefficient (Wildman–Crippen LogP) is 4.72. The molecule has 0 spiro atoms. The zero-order chi connectivity index (χ0) is 14.0. The lowest BCUT2D eigenvalue weighted by Gasteiger charge is -2.34. The van der Waals surface area contributed by atoms with Crippen LogP contribution in [0.3, 0.4) is 0 Å². The van der Waals surface area contributed by atoms with E-state index >= 15 is 0 Å². The Labute approximate surface area is 131 Å². The van der Waals surface area contributed by atoms with E-state index in [0.717, 1.165) is 52.3 Å². The number of carbonyl (C=O) groups excluding carboxylic acids is 1. The molecule has 0 unspecified atom stereocenters. The van der Waals surface area contributed by atoms with Crippen molar-refractivity contribution in [3.8, 4) is 0 Å². The van der Waals surface area contributed by atoms with Gasteiger partial charge in [-0.25, -0.2) is 0 Å². The summed E-state index contributed by atoms with van der Waals surface area (Å²) in [6.07, 6.45) is 2.25. The summed E-state index contributed by atoms with van der Waals surface area (Å²) in [4.78, 5) is 14.5.